The van der Waals surface area contributed by atoms with Crippen LogP contribution in [-0.2, 0) is 13.0 Å². The van der Waals surface area contributed by atoms with E-state index in [1.165, 1.54) is 31.5 Å². The minimum atomic E-state index is 0.471. The zero-order chi connectivity index (χ0) is 15.5. The van der Waals surface area contributed by atoms with Crippen LogP contribution in [0.3, 0.4) is 0 Å². The van der Waals surface area contributed by atoms with Crippen LogP contribution < -0.4 is 5.32 Å². The first kappa shape index (κ1) is 16.5. The summed E-state index contributed by atoms with van der Waals surface area (Å²) in [6, 6.07) is 0.568. The van der Waals surface area contributed by atoms with Gasteiger partial charge in [0.15, 0.2) is 0 Å². The van der Waals surface area contributed by atoms with E-state index in [9.17, 15) is 0 Å². The molecule has 2 rings (SSSR count). The van der Waals surface area contributed by atoms with Crippen molar-refractivity contribution < 1.29 is 0 Å². The van der Waals surface area contributed by atoms with Crippen LogP contribution >= 0.6 is 0 Å². The van der Waals surface area contributed by atoms with Crippen LogP contribution in [0.5, 0.6) is 0 Å². The topological polar surface area (TPSA) is 29.9 Å². The highest BCUT2D eigenvalue weighted by molar-refractivity contribution is 4.97. The van der Waals surface area contributed by atoms with Gasteiger partial charge in [-0.2, -0.15) is 0 Å². The Bertz CT molecular complexity index is 422. The third-order valence-corrected chi connectivity index (χ3v) is 5.48. The third-order valence-electron chi connectivity index (χ3n) is 5.48. The number of hydrogen-bond donors (Lipinski definition) is 1. The average Bonchev–Trinajstić information content (AvgIpc) is 2.91. The molecule has 120 valence electrons. The second-order valence-corrected chi connectivity index (χ2v) is 7.71. The van der Waals surface area contributed by atoms with Gasteiger partial charge in [-0.05, 0) is 56.9 Å². The van der Waals surface area contributed by atoms with Crippen LogP contribution in [0.2, 0.25) is 0 Å². The molecule has 1 aliphatic rings. The number of imidazole rings is 1. The lowest BCUT2D eigenvalue weighted by molar-refractivity contribution is 0.133. The number of aryl methyl sites for hydroxylation is 1. The van der Waals surface area contributed by atoms with E-state index in [0.717, 1.165) is 24.8 Å². The fourth-order valence-corrected chi connectivity index (χ4v) is 3.91. The van der Waals surface area contributed by atoms with Crippen molar-refractivity contribution in [2.45, 2.75) is 72.4 Å². The Morgan fingerprint density at radius 2 is 1.95 bits per heavy atom. The first-order valence-electron chi connectivity index (χ1n) is 8.63. The van der Waals surface area contributed by atoms with Crippen LogP contribution in [0.15, 0.2) is 12.4 Å². The largest absolute Gasteiger partial charge is 0.335 e. The number of nitrogens with zero attached hydrogens (tertiary/aromatic N) is 2. The van der Waals surface area contributed by atoms with Crippen molar-refractivity contribution in [2.75, 3.05) is 7.05 Å². The summed E-state index contributed by atoms with van der Waals surface area (Å²) in [4.78, 5) is 4.55. The van der Waals surface area contributed by atoms with Crippen LogP contribution in [0.1, 0.15) is 59.2 Å². The van der Waals surface area contributed by atoms with Crippen molar-refractivity contribution in [2.24, 2.45) is 17.3 Å². The molecular weight excluding hydrogens is 258 g/mol. The lowest BCUT2D eigenvalue weighted by atomic mass is 9.68. The molecule has 1 aromatic heterocycles. The van der Waals surface area contributed by atoms with Crippen LogP contribution in [-0.4, -0.2) is 22.6 Å². The highest BCUT2D eigenvalue weighted by Gasteiger charge is 2.32. The van der Waals surface area contributed by atoms with Gasteiger partial charge in [0, 0.05) is 31.4 Å². The van der Waals surface area contributed by atoms with Gasteiger partial charge in [-0.1, -0.05) is 20.8 Å². The predicted octanol–water partition coefficient (Wildman–Crippen LogP) is 3.89. The van der Waals surface area contributed by atoms with Crippen LogP contribution in [0.4, 0.5) is 0 Å². The van der Waals surface area contributed by atoms with E-state index in [1.807, 2.05) is 6.20 Å². The molecule has 3 nitrogen and oxygen atoms in total. The molecule has 0 amide bonds. The van der Waals surface area contributed by atoms with Crippen molar-refractivity contribution in [3.8, 4) is 0 Å². The maximum Gasteiger partial charge on any atom is 0.110 e. The van der Waals surface area contributed by atoms with Crippen molar-refractivity contribution in [3.63, 3.8) is 0 Å². The predicted molar refractivity (Wildman–Crippen MR) is 89.4 cm³/mol. The Morgan fingerprint density at radius 1 is 1.29 bits per heavy atom. The number of likely N-dealkylation sites (N-methyl/N-ethyl adjacent to an activating group) is 1. The van der Waals surface area contributed by atoms with Gasteiger partial charge in [0.1, 0.15) is 5.82 Å². The molecule has 21 heavy (non-hydrogen) atoms. The van der Waals surface area contributed by atoms with Gasteiger partial charge in [-0.25, -0.2) is 4.98 Å². The fourth-order valence-electron chi connectivity index (χ4n) is 3.91. The molecule has 0 radical (unpaired) electrons. The Balaban J connectivity index is 1.94. The molecule has 0 saturated heterocycles. The minimum absolute atomic E-state index is 0.471. The number of nitrogens with one attached hydrogen (secondary N) is 1. The zero-order valence-electron chi connectivity index (χ0n) is 14.5. The molecule has 0 aromatic carbocycles. The highest BCUT2D eigenvalue weighted by Crippen LogP contribution is 2.40. The standard InChI is InChI=1S/C18H33N3/c1-6-21-12-11-20-17(21)13-16(19-5)14-7-9-15(10-8-14)18(2,3)4/h11-12,14-16,19H,6-10,13H2,1-5H3. The fraction of sp³-hybridized carbons (Fsp3) is 0.833. The van der Waals surface area contributed by atoms with Crippen molar-refractivity contribution in [3.05, 3.63) is 18.2 Å². The lowest BCUT2D eigenvalue weighted by Crippen LogP contribution is -2.39. The van der Waals surface area contributed by atoms with Crippen LogP contribution in [0, 0.1) is 17.3 Å². The van der Waals surface area contributed by atoms with Gasteiger partial charge in [0.2, 0.25) is 0 Å². The average molecular weight is 291 g/mol. The molecule has 3 heteroatoms. The van der Waals surface area contributed by atoms with Crippen molar-refractivity contribution in [1.29, 1.82) is 0 Å². The number of hydrogen-bond acceptors (Lipinski definition) is 2. The van der Waals surface area contributed by atoms with Gasteiger partial charge in [0.25, 0.3) is 0 Å². The first-order chi connectivity index (χ1) is 9.95. The summed E-state index contributed by atoms with van der Waals surface area (Å²) in [5, 5.41) is 3.56. The highest BCUT2D eigenvalue weighted by atomic mass is 15.1. The second kappa shape index (κ2) is 6.95. The van der Waals surface area contributed by atoms with E-state index in [0.29, 0.717) is 11.5 Å². The number of aromatic nitrogens is 2. The Morgan fingerprint density at radius 3 is 2.48 bits per heavy atom. The van der Waals surface area contributed by atoms with E-state index in [1.54, 1.807) is 0 Å². The van der Waals surface area contributed by atoms with E-state index < -0.39 is 0 Å². The van der Waals surface area contributed by atoms with Crippen molar-refractivity contribution in [1.82, 2.24) is 14.9 Å². The van der Waals surface area contributed by atoms with Gasteiger partial charge in [0.05, 0.1) is 0 Å². The molecule has 1 fully saturated rings. The maximum absolute atomic E-state index is 4.55. The monoisotopic (exact) mass is 291 g/mol. The molecule has 0 bridgehead atoms. The molecule has 1 unspecified atom stereocenters. The summed E-state index contributed by atoms with van der Waals surface area (Å²) in [7, 11) is 2.11. The van der Waals surface area contributed by atoms with E-state index >= 15 is 0 Å². The van der Waals surface area contributed by atoms with Crippen LogP contribution in [0.25, 0.3) is 0 Å². The summed E-state index contributed by atoms with van der Waals surface area (Å²) in [5.74, 6) is 2.93. The molecule has 1 aliphatic carbocycles. The molecule has 1 N–H and O–H groups in total. The van der Waals surface area contributed by atoms with Gasteiger partial charge in [-0.3, -0.25) is 0 Å². The molecule has 0 aliphatic heterocycles. The third kappa shape index (κ3) is 4.09. The SMILES string of the molecule is CCn1ccnc1CC(NC)C1CCC(C(C)(C)C)CC1. The number of rotatable bonds is 5. The zero-order valence-corrected chi connectivity index (χ0v) is 14.5. The molecular formula is C18H33N3. The Kier molecular flexibility index (Phi) is 5.48. The summed E-state index contributed by atoms with van der Waals surface area (Å²) in [6.07, 6.45) is 10.6. The molecule has 1 atom stereocenters. The normalized spacial score (nSPS) is 25.0. The molecule has 0 spiro atoms. The maximum atomic E-state index is 4.55. The van der Waals surface area contributed by atoms with Gasteiger partial charge in [-0.15, -0.1) is 0 Å². The van der Waals surface area contributed by atoms with E-state index in [2.05, 4.69) is 55.8 Å². The molecule has 1 saturated carbocycles. The molecule has 1 heterocycles. The summed E-state index contributed by atoms with van der Waals surface area (Å²) >= 11 is 0. The van der Waals surface area contributed by atoms with Gasteiger partial charge < -0.3 is 9.88 Å². The summed E-state index contributed by atoms with van der Waals surface area (Å²) < 4.78 is 2.27. The van der Waals surface area contributed by atoms with Crippen molar-refractivity contribution >= 4 is 0 Å². The van der Waals surface area contributed by atoms with E-state index in [4.69, 9.17) is 0 Å². The first-order valence-corrected chi connectivity index (χ1v) is 8.63. The summed E-state index contributed by atoms with van der Waals surface area (Å²) in [6.45, 7) is 10.4. The minimum Gasteiger partial charge on any atom is -0.335 e. The Labute approximate surface area is 130 Å². The lowest BCUT2D eigenvalue weighted by Gasteiger charge is -2.39. The smallest absolute Gasteiger partial charge is 0.110 e. The summed E-state index contributed by atoms with van der Waals surface area (Å²) in [5.41, 5.74) is 0.471. The van der Waals surface area contributed by atoms with E-state index in [-0.39, 0.29) is 0 Å². The Hall–Kier alpha value is -0.830. The van der Waals surface area contributed by atoms with Gasteiger partial charge >= 0.3 is 0 Å². The quantitative estimate of drug-likeness (QED) is 0.892. The second-order valence-electron chi connectivity index (χ2n) is 7.71. The molecule has 1 aromatic rings.